The highest BCUT2D eigenvalue weighted by molar-refractivity contribution is 7.99. The minimum atomic E-state index is 1.06. The van der Waals surface area contributed by atoms with Crippen molar-refractivity contribution >= 4 is 17.8 Å². The molecule has 0 radical (unpaired) electrons. The van der Waals surface area contributed by atoms with Crippen LogP contribution in [-0.4, -0.2) is 10.7 Å². The minimum absolute atomic E-state index is 1.06. The first kappa shape index (κ1) is 6.92. The summed E-state index contributed by atoms with van der Waals surface area (Å²) in [6.45, 7) is 2.03. The fourth-order valence-corrected chi connectivity index (χ4v) is 1.95. The van der Waals surface area contributed by atoms with Crippen LogP contribution in [0.1, 0.15) is 11.3 Å². The van der Waals surface area contributed by atoms with Gasteiger partial charge in [-0.3, -0.25) is 0 Å². The normalized spacial score (nSPS) is 14.6. The molecule has 1 nitrogen and oxygen atoms in total. The van der Waals surface area contributed by atoms with E-state index in [0.29, 0.717) is 0 Å². The molecule has 11 heavy (non-hydrogen) atoms. The van der Waals surface area contributed by atoms with E-state index < -0.39 is 0 Å². The molecule has 0 N–H and O–H groups in total. The lowest BCUT2D eigenvalue weighted by atomic mass is 10.2. The molecule has 1 aliphatic heterocycles. The molecule has 2 heteroatoms. The van der Waals surface area contributed by atoms with Crippen molar-refractivity contribution in [1.29, 1.82) is 0 Å². The van der Waals surface area contributed by atoms with Crippen molar-refractivity contribution in [2.75, 3.05) is 5.75 Å². The van der Waals surface area contributed by atoms with Crippen LogP contribution in [0.2, 0.25) is 0 Å². The van der Waals surface area contributed by atoms with Gasteiger partial charge in [-0.15, -0.1) is 11.8 Å². The summed E-state index contributed by atoms with van der Waals surface area (Å²) >= 11 is 1.80. The molecule has 0 spiro atoms. The van der Waals surface area contributed by atoms with E-state index >= 15 is 0 Å². The van der Waals surface area contributed by atoms with Gasteiger partial charge in [0.25, 0.3) is 0 Å². The molecule has 0 amide bonds. The van der Waals surface area contributed by atoms with Crippen LogP contribution >= 0.6 is 11.8 Å². The predicted octanol–water partition coefficient (Wildman–Crippen LogP) is 2.51. The zero-order valence-electron chi connectivity index (χ0n) is 6.37. The Hall–Kier alpha value is -0.760. The summed E-state index contributed by atoms with van der Waals surface area (Å²) in [5, 5.41) is 1.17. The second-order valence-electron chi connectivity index (χ2n) is 2.56. The molecule has 0 atom stereocenters. The second-order valence-corrected chi connectivity index (χ2v) is 3.57. The van der Waals surface area contributed by atoms with Crippen LogP contribution in [0.4, 0.5) is 0 Å². The average Bonchev–Trinajstić information content (AvgIpc) is 2.04. The summed E-state index contributed by atoms with van der Waals surface area (Å²) in [4.78, 5) is 4.43. The van der Waals surface area contributed by atoms with Crippen molar-refractivity contribution in [3.05, 3.63) is 29.5 Å². The average molecular weight is 163 g/mol. The van der Waals surface area contributed by atoms with Crippen molar-refractivity contribution < 1.29 is 0 Å². The third-order valence-corrected chi connectivity index (χ3v) is 2.60. The zero-order chi connectivity index (χ0) is 7.68. The summed E-state index contributed by atoms with van der Waals surface area (Å²) in [7, 11) is 0. The first-order valence-corrected chi connectivity index (χ1v) is 4.62. The van der Waals surface area contributed by atoms with Gasteiger partial charge in [-0.1, -0.05) is 18.2 Å². The van der Waals surface area contributed by atoms with Crippen LogP contribution in [0, 0.1) is 6.92 Å². The highest BCUT2D eigenvalue weighted by Crippen LogP contribution is 2.26. The van der Waals surface area contributed by atoms with E-state index in [1.807, 2.05) is 6.92 Å². The SMILES string of the molecule is Cc1ccc2c(n1)SCC=C2. The predicted molar refractivity (Wildman–Crippen MR) is 48.7 cm³/mol. The van der Waals surface area contributed by atoms with Gasteiger partial charge in [0.05, 0.1) is 0 Å². The number of pyridine rings is 1. The van der Waals surface area contributed by atoms with Crippen LogP contribution < -0.4 is 0 Å². The molecule has 2 rings (SSSR count). The van der Waals surface area contributed by atoms with Crippen molar-refractivity contribution in [2.45, 2.75) is 11.9 Å². The first-order chi connectivity index (χ1) is 5.36. The Morgan fingerprint density at radius 3 is 3.27 bits per heavy atom. The molecule has 0 aliphatic carbocycles. The topological polar surface area (TPSA) is 12.9 Å². The summed E-state index contributed by atoms with van der Waals surface area (Å²) < 4.78 is 0. The maximum Gasteiger partial charge on any atom is 0.104 e. The van der Waals surface area contributed by atoms with Gasteiger partial charge in [0.1, 0.15) is 5.03 Å². The number of rotatable bonds is 0. The number of nitrogens with zero attached hydrogens (tertiary/aromatic N) is 1. The van der Waals surface area contributed by atoms with Crippen LogP contribution in [-0.2, 0) is 0 Å². The third kappa shape index (κ3) is 1.31. The van der Waals surface area contributed by atoms with E-state index in [9.17, 15) is 0 Å². The van der Waals surface area contributed by atoms with Crippen molar-refractivity contribution in [1.82, 2.24) is 4.98 Å². The summed E-state index contributed by atoms with van der Waals surface area (Å²) in [6, 6.07) is 4.18. The standard InChI is InChI=1S/C9H9NS/c1-7-4-5-8-3-2-6-11-9(8)10-7/h2-5H,6H2,1H3. The van der Waals surface area contributed by atoms with Crippen LogP contribution in [0.5, 0.6) is 0 Å². The van der Waals surface area contributed by atoms with Crippen LogP contribution in [0.3, 0.4) is 0 Å². The Kier molecular flexibility index (Phi) is 1.70. The zero-order valence-corrected chi connectivity index (χ0v) is 7.19. The van der Waals surface area contributed by atoms with Crippen LogP contribution in [0.25, 0.3) is 6.08 Å². The summed E-state index contributed by atoms with van der Waals surface area (Å²) in [5.41, 5.74) is 2.36. The molecule has 1 aromatic heterocycles. The second kappa shape index (κ2) is 2.70. The number of fused-ring (bicyclic) bond motifs is 1. The van der Waals surface area contributed by atoms with E-state index in [0.717, 1.165) is 11.4 Å². The Morgan fingerprint density at radius 2 is 2.36 bits per heavy atom. The molecule has 0 bridgehead atoms. The van der Waals surface area contributed by atoms with E-state index in [-0.39, 0.29) is 0 Å². The highest BCUT2D eigenvalue weighted by atomic mass is 32.2. The molecule has 0 saturated heterocycles. The lowest BCUT2D eigenvalue weighted by Crippen LogP contribution is -1.92. The van der Waals surface area contributed by atoms with Gasteiger partial charge in [0.2, 0.25) is 0 Å². The van der Waals surface area contributed by atoms with Gasteiger partial charge >= 0.3 is 0 Å². The number of aryl methyl sites for hydroxylation is 1. The van der Waals surface area contributed by atoms with E-state index in [1.54, 1.807) is 11.8 Å². The monoisotopic (exact) mass is 163 g/mol. The number of aromatic nitrogens is 1. The van der Waals surface area contributed by atoms with Gasteiger partial charge in [0.15, 0.2) is 0 Å². The van der Waals surface area contributed by atoms with Gasteiger partial charge in [-0.25, -0.2) is 4.98 Å². The van der Waals surface area contributed by atoms with Crippen molar-refractivity contribution in [3.8, 4) is 0 Å². The Bertz CT molecular complexity index is 304. The van der Waals surface area contributed by atoms with Gasteiger partial charge in [0, 0.05) is 17.0 Å². The largest absolute Gasteiger partial charge is 0.246 e. The first-order valence-electron chi connectivity index (χ1n) is 3.63. The number of hydrogen-bond donors (Lipinski definition) is 0. The van der Waals surface area contributed by atoms with Gasteiger partial charge in [-0.2, -0.15) is 0 Å². The highest BCUT2D eigenvalue weighted by Gasteiger charge is 2.04. The Balaban J connectivity index is 2.53. The molecular formula is C9H9NS. The van der Waals surface area contributed by atoms with Gasteiger partial charge < -0.3 is 0 Å². The van der Waals surface area contributed by atoms with Crippen LogP contribution in [0.15, 0.2) is 23.2 Å². The third-order valence-electron chi connectivity index (χ3n) is 1.64. The lowest BCUT2D eigenvalue weighted by molar-refractivity contribution is 1.05. The maximum atomic E-state index is 4.43. The van der Waals surface area contributed by atoms with E-state index in [4.69, 9.17) is 0 Å². The Morgan fingerprint density at radius 1 is 1.45 bits per heavy atom. The van der Waals surface area contributed by atoms with E-state index in [1.165, 1.54) is 10.6 Å². The molecule has 0 aromatic carbocycles. The number of hydrogen-bond acceptors (Lipinski definition) is 2. The minimum Gasteiger partial charge on any atom is -0.246 e. The molecule has 0 saturated carbocycles. The number of thioether (sulfide) groups is 1. The van der Waals surface area contributed by atoms with Gasteiger partial charge in [-0.05, 0) is 13.0 Å². The maximum absolute atomic E-state index is 4.43. The summed E-state index contributed by atoms with van der Waals surface area (Å²) in [6.07, 6.45) is 4.31. The molecule has 0 unspecified atom stereocenters. The molecule has 1 aromatic rings. The fourth-order valence-electron chi connectivity index (χ4n) is 1.09. The lowest BCUT2D eigenvalue weighted by Gasteiger charge is -2.08. The molecule has 1 aliphatic rings. The quantitative estimate of drug-likeness (QED) is 0.583. The van der Waals surface area contributed by atoms with Crippen molar-refractivity contribution in [2.24, 2.45) is 0 Å². The van der Waals surface area contributed by atoms with Crippen molar-refractivity contribution in [3.63, 3.8) is 0 Å². The molecule has 2 heterocycles. The Labute approximate surface area is 70.5 Å². The van der Waals surface area contributed by atoms with E-state index in [2.05, 4.69) is 29.3 Å². The smallest absolute Gasteiger partial charge is 0.104 e. The molecule has 0 fully saturated rings. The summed E-state index contributed by atoms with van der Waals surface area (Å²) in [5.74, 6) is 1.06. The molecular weight excluding hydrogens is 154 g/mol. The fraction of sp³-hybridized carbons (Fsp3) is 0.222. The molecule has 56 valence electrons.